The largest absolute Gasteiger partial charge is 0.356 e. The Bertz CT molecular complexity index is 666. The van der Waals surface area contributed by atoms with Gasteiger partial charge in [-0.25, -0.2) is 9.97 Å². The number of benzene rings is 1. The summed E-state index contributed by atoms with van der Waals surface area (Å²) < 4.78 is 0. The molecule has 0 unspecified atom stereocenters. The van der Waals surface area contributed by atoms with Gasteiger partial charge in [0, 0.05) is 29.9 Å². The molecule has 2 heterocycles. The van der Waals surface area contributed by atoms with Crippen molar-refractivity contribution in [2.45, 2.75) is 33.1 Å². The maximum absolute atomic E-state index is 6.18. The van der Waals surface area contributed by atoms with E-state index in [-0.39, 0.29) is 0 Å². The van der Waals surface area contributed by atoms with Crippen LogP contribution in [0.5, 0.6) is 0 Å². The zero-order valence-corrected chi connectivity index (χ0v) is 13.8. The summed E-state index contributed by atoms with van der Waals surface area (Å²) in [5.41, 5.74) is 2.01. The molecule has 0 atom stereocenters. The van der Waals surface area contributed by atoms with E-state index < -0.39 is 0 Å². The van der Waals surface area contributed by atoms with Crippen molar-refractivity contribution in [3.05, 3.63) is 40.7 Å². The monoisotopic (exact) mass is 316 g/mol. The number of anilines is 3. The molecule has 4 nitrogen and oxygen atoms in total. The zero-order chi connectivity index (χ0) is 15.5. The minimum absolute atomic E-state index is 0.757. The minimum Gasteiger partial charge on any atom is -0.356 e. The molecule has 0 amide bonds. The number of rotatable bonds is 3. The molecule has 1 fully saturated rings. The Labute approximate surface area is 136 Å². The van der Waals surface area contributed by atoms with Crippen molar-refractivity contribution in [1.29, 1.82) is 0 Å². The van der Waals surface area contributed by atoms with Gasteiger partial charge in [-0.2, -0.15) is 0 Å². The van der Waals surface area contributed by atoms with Gasteiger partial charge in [0.25, 0.3) is 0 Å². The molecule has 2 aromatic rings. The summed E-state index contributed by atoms with van der Waals surface area (Å²) in [6, 6.07) is 7.88. The molecule has 3 rings (SSSR count). The van der Waals surface area contributed by atoms with E-state index in [9.17, 15) is 0 Å². The molecule has 1 aliphatic heterocycles. The molecule has 5 heteroatoms. The summed E-state index contributed by atoms with van der Waals surface area (Å²) >= 11 is 6.18. The third-order valence-corrected chi connectivity index (χ3v) is 4.44. The average Bonchev–Trinajstić information content (AvgIpc) is 2.52. The van der Waals surface area contributed by atoms with Gasteiger partial charge in [0.05, 0.1) is 0 Å². The molecule has 0 spiro atoms. The third kappa shape index (κ3) is 3.33. The Balaban J connectivity index is 1.87. The minimum atomic E-state index is 0.757. The zero-order valence-electron chi connectivity index (χ0n) is 13.1. The quantitative estimate of drug-likeness (QED) is 0.906. The molecular formula is C17H21ClN4. The van der Waals surface area contributed by atoms with E-state index in [1.807, 2.05) is 38.1 Å². The summed E-state index contributed by atoms with van der Waals surface area (Å²) in [6.45, 7) is 6.09. The van der Waals surface area contributed by atoms with Crippen LogP contribution in [0.15, 0.2) is 24.3 Å². The molecule has 1 aliphatic rings. The summed E-state index contributed by atoms with van der Waals surface area (Å²) in [5, 5.41) is 4.13. The number of halogens is 1. The van der Waals surface area contributed by atoms with E-state index in [1.54, 1.807) is 0 Å². The molecule has 1 aromatic heterocycles. The predicted octanol–water partition coefficient (Wildman–Crippen LogP) is 4.48. The van der Waals surface area contributed by atoms with E-state index in [2.05, 4.69) is 20.2 Å². The third-order valence-electron chi connectivity index (χ3n) is 4.03. The van der Waals surface area contributed by atoms with E-state index in [1.165, 1.54) is 19.3 Å². The van der Waals surface area contributed by atoms with Crippen molar-refractivity contribution in [2.24, 2.45) is 0 Å². The van der Waals surface area contributed by atoms with E-state index in [0.717, 1.165) is 46.8 Å². The van der Waals surface area contributed by atoms with Crippen molar-refractivity contribution >= 4 is 28.9 Å². The van der Waals surface area contributed by atoms with Crippen molar-refractivity contribution in [1.82, 2.24) is 9.97 Å². The number of hydrogen-bond acceptors (Lipinski definition) is 4. The van der Waals surface area contributed by atoms with Gasteiger partial charge in [0.2, 0.25) is 0 Å². The second-order valence-electron chi connectivity index (χ2n) is 5.74. The van der Waals surface area contributed by atoms with Crippen molar-refractivity contribution in [3.8, 4) is 0 Å². The summed E-state index contributed by atoms with van der Waals surface area (Å²) in [4.78, 5) is 11.4. The first-order chi connectivity index (χ1) is 10.6. The van der Waals surface area contributed by atoms with Crippen LogP contribution in [-0.2, 0) is 0 Å². The number of aromatic nitrogens is 2. The normalized spacial score (nSPS) is 15.0. The molecule has 116 valence electrons. The van der Waals surface area contributed by atoms with Gasteiger partial charge in [-0.05, 0) is 50.8 Å². The highest BCUT2D eigenvalue weighted by Gasteiger charge is 2.14. The van der Waals surface area contributed by atoms with Gasteiger partial charge in [-0.15, -0.1) is 0 Å². The molecule has 1 aromatic carbocycles. The van der Waals surface area contributed by atoms with Crippen LogP contribution in [0, 0.1) is 13.8 Å². The van der Waals surface area contributed by atoms with Gasteiger partial charge in [0.15, 0.2) is 0 Å². The van der Waals surface area contributed by atoms with Gasteiger partial charge >= 0.3 is 0 Å². The highest BCUT2D eigenvalue weighted by molar-refractivity contribution is 6.31. The van der Waals surface area contributed by atoms with Crippen molar-refractivity contribution < 1.29 is 0 Å². The number of hydrogen-bond donors (Lipinski definition) is 1. The fourth-order valence-corrected chi connectivity index (χ4v) is 2.96. The van der Waals surface area contributed by atoms with Crippen LogP contribution in [0.1, 0.15) is 30.7 Å². The van der Waals surface area contributed by atoms with E-state index in [4.69, 9.17) is 11.6 Å². The number of aryl methyl sites for hydroxylation is 1. The smallest absolute Gasteiger partial charge is 0.136 e. The van der Waals surface area contributed by atoms with Crippen LogP contribution < -0.4 is 10.2 Å². The van der Waals surface area contributed by atoms with E-state index in [0.29, 0.717) is 0 Å². The SMILES string of the molecule is Cc1nc(Nc2cccc(Cl)c2C)cc(N2CCCCC2)n1. The molecule has 0 radical (unpaired) electrons. The fourth-order valence-electron chi connectivity index (χ4n) is 2.78. The lowest BCUT2D eigenvalue weighted by molar-refractivity contribution is 0.572. The Kier molecular flexibility index (Phi) is 4.48. The first kappa shape index (κ1) is 15.1. The maximum Gasteiger partial charge on any atom is 0.136 e. The topological polar surface area (TPSA) is 41.1 Å². The average molecular weight is 317 g/mol. The lowest BCUT2D eigenvalue weighted by atomic mass is 10.1. The van der Waals surface area contributed by atoms with Gasteiger partial charge in [-0.1, -0.05) is 17.7 Å². The standard InChI is InChI=1S/C17H21ClN4/c1-12-14(18)7-6-8-15(12)21-16-11-17(20-13(2)19-16)22-9-4-3-5-10-22/h6-8,11H,3-5,9-10H2,1-2H3,(H,19,20,21). The summed E-state index contributed by atoms with van der Waals surface area (Å²) in [7, 11) is 0. The second kappa shape index (κ2) is 6.53. The number of piperidine rings is 1. The Morgan fingerprint density at radius 3 is 2.64 bits per heavy atom. The number of nitrogens with zero attached hydrogens (tertiary/aromatic N) is 3. The number of nitrogens with one attached hydrogen (secondary N) is 1. The van der Waals surface area contributed by atoms with Crippen LogP contribution in [0.4, 0.5) is 17.3 Å². The summed E-state index contributed by atoms with van der Waals surface area (Å²) in [6.07, 6.45) is 3.78. The first-order valence-electron chi connectivity index (χ1n) is 7.76. The highest BCUT2D eigenvalue weighted by Crippen LogP contribution is 2.27. The molecule has 1 saturated heterocycles. The lowest BCUT2D eigenvalue weighted by Crippen LogP contribution is -2.30. The Morgan fingerprint density at radius 2 is 1.86 bits per heavy atom. The van der Waals surface area contributed by atoms with Crippen LogP contribution in [0.25, 0.3) is 0 Å². The highest BCUT2D eigenvalue weighted by atomic mass is 35.5. The van der Waals surface area contributed by atoms with E-state index >= 15 is 0 Å². The predicted molar refractivity (Wildman–Crippen MR) is 92.3 cm³/mol. The van der Waals surface area contributed by atoms with Crippen molar-refractivity contribution in [3.63, 3.8) is 0 Å². The lowest BCUT2D eigenvalue weighted by Gasteiger charge is -2.28. The summed E-state index contributed by atoms with van der Waals surface area (Å²) in [5.74, 6) is 2.61. The van der Waals surface area contributed by atoms with Gasteiger partial charge < -0.3 is 10.2 Å². The van der Waals surface area contributed by atoms with Crippen LogP contribution in [0.3, 0.4) is 0 Å². The Hall–Kier alpha value is -1.81. The Morgan fingerprint density at radius 1 is 1.09 bits per heavy atom. The molecule has 1 N–H and O–H groups in total. The maximum atomic E-state index is 6.18. The van der Waals surface area contributed by atoms with Gasteiger partial charge in [0.1, 0.15) is 17.5 Å². The molecule has 0 bridgehead atoms. The molecular weight excluding hydrogens is 296 g/mol. The van der Waals surface area contributed by atoms with Gasteiger partial charge in [-0.3, -0.25) is 0 Å². The van der Waals surface area contributed by atoms with Crippen LogP contribution in [0.2, 0.25) is 5.02 Å². The van der Waals surface area contributed by atoms with Crippen molar-refractivity contribution in [2.75, 3.05) is 23.3 Å². The first-order valence-corrected chi connectivity index (χ1v) is 8.14. The fraction of sp³-hybridized carbons (Fsp3) is 0.412. The molecule has 0 aliphatic carbocycles. The molecule has 0 saturated carbocycles. The molecule has 22 heavy (non-hydrogen) atoms. The second-order valence-corrected chi connectivity index (χ2v) is 6.15. The van der Waals surface area contributed by atoms with Crippen LogP contribution in [-0.4, -0.2) is 23.1 Å². The van der Waals surface area contributed by atoms with Crippen LogP contribution >= 0.6 is 11.6 Å².